The number of halogens is 1. The number of hydrogen-bond donors (Lipinski definition) is 1. The SMILES string of the molecule is CN(C)CC(C)(C)CNCc1c(Cl)cccc1[N+](=O)[O-]. The molecule has 1 N–H and O–H groups in total. The molecule has 0 aliphatic heterocycles. The monoisotopic (exact) mass is 299 g/mol. The molecule has 0 saturated carbocycles. The minimum atomic E-state index is -0.395. The Labute approximate surface area is 125 Å². The Hall–Kier alpha value is -1.17. The molecule has 0 aliphatic rings. The Morgan fingerprint density at radius 2 is 2.05 bits per heavy atom. The summed E-state index contributed by atoms with van der Waals surface area (Å²) in [7, 11) is 4.06. The van der Waals surface area contributed by atoms with Crippen LogP contribution in [0.15, 0.2) is 18.2 Å². The highest BCUT2D eigenvalue weighted by Crippen LogP contribution is 2.26. The van der Waals surface area contributed by atoms with Gasteiger partial charge in [-0.1, -0.05) is 31.5 Å². The summed E-state index contributed by atoms with van der Waals surface area (Å²) in [5, 5.41) is 14.7. The van der Waals surface area contributed by atoms with Gasteiger partial charge in [-0.25, -0.2) is 0 Å². The summed E-state index contributed by atoms with van der Waals surface area (Å²) in [5.74, 6) is 0. The van der Waals surface area contributed by atoms with Gasteiger partial charge < -0.3 is 10.2 Å². The molecule has 112 valence electrons. The van der Waals surface area contributed by atoms with Crippen molar-refractivity contribution in [3.8, 4) is 0 Å². The molecule has 1 aromatic rings. The van der Waals surface area contributed by atoms with Crippen molar-refractivity contribution in [1.82, 2.24) is 10.2 Å². The molecule has 1 aromatic carbocycles. The van der Waals surface area contributed by atoms with Gasteiger partial charge in [-0.3, -0.25) is 10.1 Å². The van der Waals surface area contributed by atoms with E-state index in [2.05, 4.69) is 24.1 Å². The molecule has 0 spiro atoms. The van der Waals surface area contributed by atoms with Gasteiger partial charge in [0.15, 0.2) is 0 Å². The Morgan fingerprint density at radius 1 is 1.40 bits per heavy atom. The zero-order valence-corrected chi connectivity index (χ0v) is 13.2. The summed E-state index contributed by atoms with van der Waals surface area (Å²) in [5.41, 5.74) is 0.690. The molecule has 0 aliphatic carbocycles. The standard InChI is InChI=1S/C14H22ClN3O2/c1-14(2,10-17(3)4)9-16-8-11-12(15)6-5-7-13(11)18(19)20/h5-7,16H,8-10H2,1-4H3. The first-order valence-electron chi connectivity index (χ1n) is 6.50. The van der Waals surface area contributed by atoms with Crippen LogP contribution >= 0.6 is 11.6 Å². The fourth-order valence-electron chi connectivity index (χ4n) is 2.33. The van der Waals surface area contributed by atoms with E-state index in [0.29, 0.717) is 17.1 Å². The summed E-state index contributed by atoms with van der Waals surface area (Å²) >= 11 is 6.06. The van der Waals surface area contributed by atoms with Crippen molar-refractivity contribution < 1.29 is 4.92 Å². The maximum absolute atomic E-state index is 11.0. The molecule has 1 rings (SSSR count). The number of benzene rings is 1. The molecule has 0 heterocycles. The van der Waals surface area contributed by atoms with Gasteiger partial charge >= 0.3 is 0 Å². The first-order chi connectivity index (χ1) is 9.23. The Kier molecular flexibility index (Phi) is 5.92. The summed E-state index contributed by atoms with van der Waals surface area (Å²) in [6.45, 7) is 6.40. The van der Waals surface area contributed by atoms with Gasteiger partial charge in [-0.05, 0) is 25.6 Å². The van der Waals surface area contributed by atoms with Crippen LogP contribution in [0.25, 0.3) is 0 Å². The molecule has 6 heteroatoms. The number of rotatable bonds is 7. The van der Waals surface area contributed by atoms with Crippen LogP contribution in [0.3, 0.4) is 0 Å². The van der Waals surface area contributed by atoms with E-state index in [-0.39, 0.29) is 11.1 Å². The molecular formula is C14H22ClN3O2. The number of hydrogen-bond acceptors (Lipinski definition) is 4. The number of nitrogens with zero attached hydrogens (tertiary/aromatic N) is 2. The maximum Gasteiger partial charge on any atom is 0.275 e. The predicted octanol–water partition coefficient (Wildman–Crippen LogP) is 2.93. The van der Waals surface area contributed by atoms with Crippen molar-refractivity contribution in [2.45, 2.75) is 20.4 Å². The molecule has 20 heavy (non-hydrogen) atoms. The van der Waals surface area contributed by atoms with E-state index in [1.54, 1.807) is 12.1 Å². The molecule has 0 bridgehead atoms. The molecule has 0 aromatic heterocycles. The lowest BCUT2D eigenvalue weighted by Gasteiger charge is -2.28. The normalized spacial score (nSPS) is 11.9. The maximum atomic E-state index is 11.0. The predicted molar refractivity (Wildman–Crippen MR) is 82.1 cm³/mol. The van der Waals surface area contributed by atoms with Crippen molar-refractivity contribution in [1.29, 1.82) is 0 Å². The van der Waals surface area contributed by atoms with Gasteiger partial charge in [0.05, 0.1) is 15.5 Å². The Bertz CT molecular complexity index is 475. The summed E-state index contributed by atoms with van der Waals surface area (Å²) in [4.78, 5) is 12.7. The van der Waals surface area contributed by atoms with E-state index in [1.165, 1.54) is 6.07 Å². The fraction of sp³-hybridized carbons (Fsp3) is 0.571. The second kappa shape index (κ2) is 7.02. The van der Waals surface area contributed by atoms with Gasteiger partial charge in [0.2, 0.25) is 0 Å². The van der Waals surface area contributed by atoms with Crippen LogP contribution in [0.5, 0.6) is 0 Å². The molecule has 0 saturated heterocycles. The van der Waals surface area contributed by atoms with E-state index in [9.17, 15) is 10.1 Å². The fourth-order valence-corrected chi connectivity index (χ4v) is 2.57. The van der Waals surface area contributed by atoms with E-state index in [4.69, 9.17) is 11.6 Å². The van der Waals surface area contributed by atoms with Crippen molar-refractivity contribution in [2.75, 3.05) is 27.2 Å². The summed E-state index contributed by atoms with van der Waals surface area (Å²) in [6, 6.07) is 4.75. The lowest BCUT2D eigenvalue weighted by atomic mass is 9.93. The number of nitro benzene ring substituents is 1. The highest BCUT2D eigenvalue weighted by atomic mass is 35.5. The second-order valence-corrected chi connectivity index (χ2v) is 6.41. The first kappa shape index (κ1) is 16.9. The minimum absolute atomic E-state index is 0.0652. The lowest BCUT2D eigenvalue weighted by Crippen LogP contribution is -2.37. The Balaban J connectivity index is 2.69. The zero-order chi connectivity index (χ0) is 15.3. The molecule has 0 amide bonds. The van der Waals surface area contributed by atoms with Crippen molar-refractivity contribution >= 4 is 17.3 Å². The van der Waals surface area contributed by atoms with E-state index >= 15 is 0 Å². The van der Waals surface area contributed by atoms with Gasteiger partial charge in [0, 0.05) is 25.7 Å². The van der Waals surface area contributed by atoms with Crippen LogP contribution in [0.1, 0.15) is 19.4 Å². The van der Waals surface area contributed by atoms with Crippen molar-refractivity contribution in [3.63, 3.8) is 0 Å². The summed E-state index contributed by atoms with van der Waals surface area (Å²) in [6.07, 6.45) is 0. The van der Waals surface area contributed by atoms with Crippen molar-refractivity contribution in [2.24, 2.45) is 5.41 Å². The topological polar surface area (TPSA) is 58.4 Å². The highest BCUT2D eigenvalue weighted by Gasteiger charge is 2.20. The van der Waals surface area contributed by atoms with Gasteiger partial charge in [0.25, 0.3) is 5.69 Å². The quantitative estimate of drug-likeness (QED) is 0.621. The number of nitrogens with one attached hydrogen (secondary N) is 1. The smallest absolute Gasteiger partial charge is 0.275 e. The van der Waals surface area contributed by atoms with Gasteiger partial charge in [0.1, 0.15) is 0 Å². The second-order valence-electron chi connectivity index (χ2n) is 6.00. The van der Waals surface area contributed by atoms with Crippen LogP contribution in [0.4, 0.5) is 5.69 Å². The molecular weight excluding hydrogens is 278 g/mol. The lowest BCUT2D eigenvalue weighted by molar-refractivity contribution is -0.385. The summed E-state index contributed by atoms with van der Waals surface area (Å²) < 4.78 is 0. The van der Waals surface area contributed by atoms with E-state index in [0.717, 1.165) is 13.1 Å². The average molecular weight is 300 g/mol. The van der Waals surface area contributed by atoms with E-state index in [1.807, 2.05) is 14.1 Å². The van der Waals surface area contributed by atoms with Gasteiger partial charge in [-0.15, -0.1) is 0 Å². The minimum Gasteiger partial charge on any atom is -0.312 e. The van der Waals surface area contributed by atoms with Crippen molar-refractivity contribution in [3.05, 3.63) is 38.9 Å². The van der Waals surface area contributed by atoms with Crippen LogP contribution in [-0.4, -0.2) is 37.0 Å². The molecule has 0 unspecified atom stereocenters. The van der Waals surface area contributed by atoms with Crippen LogP contribution < -0.4 is 5.32 Å². The van der Waals surface area contributed by atoms with Crippen LogP contribution in [-0.2, 0) is 6.54 Å². The number of nitro groups is 1. The molecule has 5 nitrogen and oxygen atoms in total. The molecule has 0 fully saturated rings. The zero-order valence-electron chi connectivity index (χ0n) is 12.4. The highest BCUT2D eigenvalue weighted by molar-refractivity contribution is 6.31. The average Bonchev–Trinajstić information content (AvgIpc) is 2.28. The van der Waals surface area contributed by atoms with Crippen LogP contribution in [0.2, 0.25) is 5.02 Å². The first-order valence-corrected chi connectivity index (χ1v) is 6.88. The van der Waals surface area contributed by atoms with Gasteiger partial charge in [-0.2, -0.15) is 0 Å². The molecule has 0 radical (unpaired) electrons. The van der Waals surface area contributed by atoms with Crippen LogP contribution in [0, 0.1) is 15.5 Å². The van der Waals surface area contributed by atoms with E-state index < -0.39 is 4.92 Å². The Morgan fingerprint density at radius 3 is 2.60 bits per heavy atom. The molecule has 0 atom stereocenters. The third-order valence-corrected chi connectivity index (χ3v) is 3.29. The third-order valence-electron chi connectivity index (χ3n) is 2.94. The largest absolute Gasteiger partial charge is 0.312 e. The third kappa shape index (κ3) is 5.07.